The number of anilines is 1. The van der Waals surface area contributed by atoms with Crippen LogP contribution >= 0.6 is 0 Å². The lowest BCUT2D eigenvalue weighted by Gasteiger charge is -2.18. The SMILES string of the molecule is CN(C)CCCOc1ccc(CNC(=O)NC2CCN(c3ccccn3)C2)cc1. The number of urea groups is 1. The van der Waals surface area contributed by atoms with Gasteiger partial charge in [-0.25, -0.2) is 9.78 Å². The predicted molar refractivity (Wildman–Crippen MR) is 115 cm³/mol. The van der Waals surface area contributed by atoms with Gasteiger partial charge in [-0.05, 0) is 56.8 Å². The fourth-order valence-corrected chi connectivity index (χ4v) is 3.32. The number of nitrogens with zero attached hydrogens (tertiary/aromatic N) is 3. The van der Waals surface area contributed by atoms with Gasteiger partial charge in [-0.3, -0.25) is 0 Å². The molecule has 29 heavy (non-hydrogen) atoms. The topological polar surface area (TPSA) is 69.7 Å². The van der Waals surface area contributed by atoms with Crippen LogP contribution in [0.2, 0.25) is 0 Å². The average molecular weight is 398 g/mol. The Morgan fingerprint density at radius 1 is 1.24 bits per heavy atom. The minimum atomic E-state index is -0.137. The first-order valence-electron chi connectivity index (χ1n) is 10.2. The first kappa shape index (κ1) is 20.9. The van der Waals surface area contributed by atoms with Crippen molar-refractivity contribution in [1.82, 2.24) is 20.5 Å². The molecule has 2 heterocycles. The van der Waals surface area contributed by atoms with Crippen molar-refractivity contribution in [3.63, 3.8) is 0 Å². The third kappa shape index (κ3) is 6.94. The van der Waals surface area contributed by atoms with Crippen molar-refractivity contribution in [1.29, 1.82) is 0 Å². The molecule has 0 aliphatic carbocycles. The summed E-state index contributed by atoms with van der Waals surface area (Å²) in [6.07, 6.45) is 3.71. The average Bonchev–Trinajstić information content (AvgIpc) is 3.19. The first-order valence-corrected chi connectivity index (χ1v) is 10.2. The summed E-state index contributed by atoms with van der Waals surface area (Å²) in [7, 11) is 4.11. The largest absolute Gasteiger partial charge is 0.494 e. The molecule has 1 unspecified atom stereocenters. The second kappa shape index (κ2) is 10.7. The van der Waals surface area contributed by atoms with Crippen LogP contribution in [0.5, 0.6) is 5.75 Å². The summed E-state index contributed by atoms with van der Waals surface area (Å²) in [5.74, 6) is 1.82. The van der Waals surface area contributed by atoms with Crippen LogP contribution in [0.4, 0.5) is 10.6 Å². The van der Waals surface area contributed by atoms with Crippen LogP contribution < -0.4 is 20.3 Å². The van der Waals surface area contributed by atoms with Crippen molar-refractivity contribution in [2.24, 2.45) is 0 Å². The maximum absolute atomic E-state index is 12.2. The molecule has 0 saturated carbocycles. The summed E-state index contributed by atoms with van der Waals surface area (Å²) in [5.41, 5.74) is 1.04. The van der Waals surface area contributed by atoms with Gasteiger partial charge in [-0.1, -0.05) is 18.2 Å². The highest BCUT2D eigenvalue weighted by atomic mass is 16.5. The van der Waals surface area contributed by atoms with Crippen molar-refractivity contribution >= 4 is 11.8 Å². The van der Waals surface area contributed by atoms with Crippen LogP contribution in [0.1, 0.15) is 18.4 Å². The second-order valence-electron chi connectivity index (χ2n) is 7.60. The highest BCUT2D eigenvalue weighted by molar-refractivity contribution is 5.74. The van der Waals surface area contributed by atoms with E-state index in [0.29, 0.717) is 13.2 Å². The van der Waals surface area contributed by atoms with Gasteiger partial charge in [0.05, 0.1) is 6.61 Å². The van der Waals surface area contributed by atoms with Crippen LogP contribution in [0.3, 0.4) is 0 Å². The lowest BCUT2D eigenvalue weighted by atomic mass is 10.2. The zero-order valence-corrected chi connectivity index (χ0v) is 17.3. The van der Waals surface area contributed by atoms with Gasteiger partial charge in [0.15, 0.2) is 0 Å². The zero-order valence-electron chi connectivity index (χ0n) is 17.3. The summed E-state index contributed by atoms with van der Waals surface area (Å²) < 4.78 is 5.74. The van der Waals surface area contributed by atoms with Gasteiger partial charge in [0.25, 0.3) is 0 Å². The molecule has 0 spiro atoms. The molecule has 1 saturated heterocycles. The van der Waals surface area contributed by atoms with Gasteiger partial charge in [-0.15, -0.1) is 0 Å². The van der Waals surface area contributed by atoms with Crippen molar-refractivity contribution in [2.45, 2.75) is 25.4 Å². The Labute approximate surface area is 173 Å². The number of rotatable bonds is 9. The summed E-state index contributed by atoms with van der Waals surface area (Å²) >= 11 is 0. The van der Waals surface area contributed by atoms with Gasteiger partial charge in [-0.2, -0.15) is 0 Å². The molecule has 2 aromatic rings. The highest BCUT2D eigenvalue weighted by Gasteiger charge is 2.24. The summed E-state index contributed by atoms with van der Waals surface area (Å²) in [6, 6.07) is 13.8. The molecule has 7 nitrogen and oxygen atoms in total. The Morgan fingerprint density at radius 2 is 2.07 bits per heavy atom. The highest BCUT2D eigenvalue weighted by Crippen LogP contribution is 2.17. The van der Waals surface area contributed by atoms with Gasteiger partial charge in [0.1, 0.15) is 11.6 Å². The number of aromatic nitrogens is 1. The minimum Gasteiger partial charge on any atom is -0.494 e. The van der Waals surface area contributed by atoms with Crippen molar-refractivity contribution in [2.75, 3.05) is 45.2 Å². The Kier molecular flexibility index (Phi) is 7.69. The lowest BCUT2D eigenvalue weighted by molar-refractivity contribution is 0.237. The zero-order chi connectivity index (χ0) is 20.5. The van der Waals surface area contributed by atoms with E-state index in [1.165, 1.54) is 0 Å². The Morgan fingerprint density at radius 3 is 2.79 bits per heavy atom. The van der Waals surface area contributed by atoms with Gasteiger partial charge < -0.3 is 25.2 Å². The third-order valence-electron chi connectivity index (χ3n) is 4.89. The molecular formula is C22H31N5O2. The smallest absolute Gasteiger partial charge is 0.315 e. The molecule has 2 amide bonds. The molecule has 1 atom stereocenters. The molecule has 1 aromatic heterocycles. The van der Waals surface area contributed by atoms with E-state index in [9.17, 15) is 4.79 Å². The molecule has 1 aliphatic heterocycles. The second-order valence-corrected chi connectivity index (χ2v) is 7.60. The summed E-state index contributed by atoms with van der Waals surface area (Å²) in [4.78, 5) is 20.9. The number of amides is 2. The number of nitrogens with one attached hydrogen (secondary N) is 2. The molecule has 2 N–H and O–H groups in total. The van der Waals surface area contributed by atoms with E-state index in [0.717, 1.165) is 49.6 Å². The quantitative estimate of drug-likeness (QED) is 0.636. The summed E-state index contributed by atoms with van der Waals surface area (Å²) in [5, 5.41) is 5.99. The van der Waals surface area contributed by atoms with Crippen molar-refractivity contribution in [3.05, 3.63) is 54.2 Å². The van der Waals surface area contributed by atoms with Crippen molar-refractivity contribution < 1.29 is 9.53 Å². The van der Waals surface area contributed by atoms with E-state index >= 15 is 0 Å². The number of carbonyl (C=O) groups excluding carboxylic acids is 1. The molecule has 7 heteroatoms. The van der Waals surface area contributed by atoms with E-state index in [2.05, 4.69) is 39.5 Å². The van der Waals surface area contributed by atoms with E-state index < -0.39 is 0 Å². The molecule has 0 bridgehead atoms. The van der Waals surface area contributed by atoms with Crippen LogP contribution in [0.25, 0.3) is 0 Å². The first-order chi connectivity index (χ1) is 14.1. The molecule has 1 aliphatic rings. The molecule has 1 fully saturated rings. The van der Waals surface area contributed by atoms with E-state index in [-0.39, 0.29) is 12.1 Å². The molecule has 0 radical (unpaired) electrons. The maximum Gasteiger partial charge on any atom is 0.315 e. The minimum absolute atomic E-state index is 0.134. The van der Waals surface area contributed by atoms with Crippen LogP contribution in [0.15, 0.2) is 48.7 Å². The molecule has 156 valence electrons. The number of hydrogen-bond acceptors (Lipinski definition) is 5. The van der Waals surface area contributed by atoms with Gasteiger partial charge in [0, 0.05) is 38.4 Å². The monoisotopic (exact) mass is 397 g/mol. The van der Waals surface area contributed by atoms with E-state index in [4.69, 9.17) is 4.74 Å². The fourth-order valence-electron chi connectivity index (χ4n) is 3.32. The molecular weight excluding hydrogens is 366 g/mol. The van der Waals surface area contributed by atoms with Gasteiger partial charge >= 0.3 is 6.03 Å². The Balaban J connectivity index is 1.35. The lowest BCUT2D eigenvalue weighted by Crippen LogP contribution is -2.43. The number of carbonyl (C=O) groups is 1. The maximum atomic E-state index is 12.2. The number of hydrogen-bond donors (Lipinski definition) is 2. The normalized spacial score (nSPS) is 16.1. The Hall–Kier alpha value is -2.80. The van der Waals surface area contributed by atoms with Gasteiger partial charge in [0.2, 0.25) is 0 Å². The van der Waals surface area contributed by atoms with Crippen LogP contribution in [-0.2, 0) is 6.54 Å². The third-order valence-corrected chi connectivity index (χ3v) is 4.89. The van der Waals surface area contributed by atoms with Crippen LogP contribution in [-0.4, -0.2) is 62.3 Å². The molecule has 3 rings (SSSR count). The molecule has 1 aromatic carbocycles. The fraction of sp³-hybridized carbons (Fsp3) is 0.455. The van der Waals surface area contributed by atoms with Crippen LogP contribution in [0, 0.1) is 0 Å². The number of ether oxygens (including phenoxy) is 1. The Bertz CT molecular complexity index is 752. The van der Waals surface area contributed by atoms with E-state index in [1.807, 2.05) is 42.5 Å². The number of benzene rings is 1. The predicted octanol–water partition coefficient (Wildman–Crippen LogP) is 2.49. The number of pyridine rings is 1. The van der Waals surface area contributed by atoms with Crippen molar-refractivity contribution in [3.8, 4) is 5.75 Å². The standard InChI is InChI=1S/C22H31N5O2/c1-26(2)13-5-15-29-20-9-7-18(8-10-20)16-24-22(28)25-19-11-14-27(17-19)21-6-3-4-12-23-21/h3-4,6-10,12,19H,5,11,13-17H2,1-2H3,(H2,24,25,28). The van der Waals surface area contributed by atoms with E-state index in [1.54, 1.807) is 6.20 Å². The summed E-state index contributed by atoms with van der Waals surface area (Å²) in [6.45, 7) is 3.89.